The fourth-order valence-corrected chi connectivity index (χ4v) is 5.15. The molecule has 0 aliphatic heterocycles. The Hall–Kier alpha value is -5.38. The van der Waals surface area contributed by atoms with Gasteiger partial charge in [0.15, 0.2) is 16.4 Å². The summed E-state index contributed by atoms with van der Waals surface area (Å²) < 4.78 is 53.3. The van der Waals surface area contributed by atoms with Crippen LogP contribution >= 0.6 is 0 Å². The number of hydrogen-bond acceptors (Lipinski definition) is 12. The summed E-state index contributed by atoms with van der Waals surface area (Å²) >= 11 is 0. The summed E-state index contributed by atoms with van der Waals surface area (Å²) in [6.07, 6.45) is 0.285. The van der Waals surface area contributed by atoms with Crippen molar-refractivity contribution in [2.45, 2.75) is 4.90 Å². The van der Waals surface area contributed by atoms with Gasteiger partial charge in [-0.1, -0.05) is 12.1 Å². The Labute approximate surface area is 240 Å². The summed E-state index contributed by atoms with van der Waals surface area (Å²) in [5, 5.41) is 15.5. The zero-order valence-corrected chi connectivity index (χ0v) is 23.6. The SMILES string of the molecule is COC(=O)Oc1ccc(/C=N\NC(=O)CN(c2ccc(OC)cc2OC)S(=O)(=O)c2ccccc2[N+](=O)[O-])cc1OC. The van der Waals surface area contributed by atoms with Crippen LogP contribution in [0, 0.1) is 10.1 Å². The van der Waals surface area contributed by atoms with Crippen LogP contribution in [-0.4, -0.2) is 66.6 Å². The number of nitrogens with zero attached hydrogens (tertiary/aromatic N) is 3. The molecule has 0 radical (unpaired) electrons. The lowest BCUT2D eigenvalue weighted by Gasteiger charge is -2.25. The van der Waals surface area contributed by atoms with Crippen molar-refractivity contribution in [1.29, 1.82) is 0 Å². The van der Waals surface area contributed by atoms with Crippen LogP contribution in [0.2, 0.25) is 0 Å². The molecule has 16 heteroatoms. The van der Waals surface area contributed by atoms with E-state index in [0.717, 1.165) is 19.2 Å². The maximum Gasteiger partial charge on any atom is 0.513 e. The zero-order chi connectivity index (χ0) is 30.9. The molecule has 0 spiro atoms. The highest BCUT2D eigenvalue weighted by Gasteiger charge is 2.34. The van der Waals surface area contributed by atoms with E-state index in [2.05, 4.69) is 15.3 Å². The lowest BCUT2D eigenvalue weighted by Crippen LogP contribution is -2.40. The zero-order valence-electron chi connectivity index (χ0n) is 22.8. The van der Waals surface area contributed by atoms with Crippen LogP contribution in [0.1, 0.15) is 5.56 Å². The summed E-state index contributed by atoms with van der Waals surface area (Å²) in [5.74, 6) is -0.275. The Morgan fingerprint density at radius 2 is 1.67 bits per heavy atom. The number of carbonyl (C=O) groups excluding carboxylic acids is 2. The monoisotopic (exact) mass is 602 g/mol. The van der Waals surface area contributed by atoms with Gasteiger partial charge in [0.25, 0.3) is 21.6 Å². The summed E-state index contributed by atoms with van der Waals surface area (Å²) in [4.78, 5) is 34.5. The molecule has 1 amide bonds. The third kappa shape index (κ3) is 7.22. The average molecular weight is 603 g/mol. The van der Waals surface area contributed by atoms with Gasteiger partial charge in [0.2, 0.25) is 0 Å². The highest BCUT2D eigenvalue weighted by atomic mass is 32.2. The smallest absolute Gasteiger partial charge is 0.497 e. The number of rotatable bonds is 12. The number of nitrogens with one attached hydrogen (secondary N) is 1. The molecule has 0 aliphatic rings. The van der Waals surface area contributed by atoms with Gasteiger partial charge in [0, 0.05) is 12.1 Å². The van der Waals surface area contributed by atoms with E-state index in [-0.39, 0.29) is 22.9 Å². The Morgan fingerprint density at radius 1 is 0.952 bits per heavy atom. The number of sulfonamides is 1. The van der Waals surface area contributed by atoms with Crippen molar-refractivity contribution in [3.63, 3.8) is 0 Å². The molecule has 0 bridgehead atoms. The number of benzene rings is 3. The molecule has 0 fully saturated rings. The molecule has 3 aromatic carbocycles. The number of methoxy groups -OCH3 is 4. The minimum atomic E-state index is -4.69. The van der Waals surface area contributed by atoms with E-state index in [1.807, 2.05) is 0 Å². The van der Waals surface area contributed by atoms with Gasteiger partial charge in [-0.15, -0.1) is 0 Å². The second kappa shape index (κ2) is 13.8. The number of carbonyl (C=O) groups is 2. The predicted molar refractivity (Wildman–Crippen MR) is 149 cm³/mol. The molecule has 0 aliphatic carbocycles. The molecule has 3 aromatic rings. The Balaban J connectivity index is 1.93. The van der Waals surface area contributed by atoms with E-state index in [9.17, 15) is 28.1 Å². The molecule has 0 saturated heterocycles. The van der Waals surface area contributed by atoms with Gasteiger partial charge in [-0.25, -0.2) is 18.6 Å². The van der Waals surface area contributed by atoms with Crippen LogP contribution in [0.5, 0.6) is 23.0 Å². The molecular formula is C26H26N4O11S. The summed E-state index contributed by atoms with van der Waals surface area (Å²) in [6, 6.07) is 13.3. The topological polar surface area (TPSA) is 185 Å². The molecule has 42 heavy (non-hydrogen) atoms. The Bertz CT molecular complexity index is 1610. The maximum absolute atomic E-state index is 13.8. The number of nitro benzene ring substituents is 1. The van der Waals surface area contributed by atoms with Gasteiger partial charge in [-0.05, 0) is 42.0 Å². The van der Waals surface area contributed by atoms with Crippen molar-refractivity contribution in [1.82, 2.24) is 5.43 Å². The lowest BCUT2D eigenvalue weighted by molar-refractivity contribution is -0.387. The maximum atomic E-state index is 13.8. The van der Waals surface area contributed by atoms with Gasteiger partial charge in [0.05, 0.1) is 45.3 Å². The fourth-order valence-electron chi connectivity index (χ4n) is 3.56. The van der Waals surface area contributed by atoms with Crippen molar-refractivity contribution >= 4 is 39.7 Å². The van der Waals surface area contributed by atoms with Crippen LogP contribution in [0.4, 0.5) is 16.2 Å². The molecule has 3 rings (SSSR count). The van der Waals surface area contributed by atoms with Crippen molar-refractivity contribution in [2.24, 2.45) is 5.10 Å². The van der Waals surface area contributed by atoms with Crippen LogP contribution in [0.3, 0.4) is 0 Å². The van der Waals surface area contributed by atoms with Gasteiger partial charge in [-0.3, -0.25) is 19.2 Å². The van der Waals surface area contributed by atoms with Crippen LogP contribution in [0.25, 0.3) is 0 Å². The normalized spacial score (nSPS) is 11.0. The fraction of sp³-hybridized carbons (Fsp3) is 0.192. The second-order valence-corrected chi connectivity index (χ2v) is 9.86. The third-order valence-electron chi connectivity index (χ3n) is 5.52. The molecule has 0 aromatic heterocycles. The van der Waals surface area contributed by atoms with Crippen LogP contribution < -0.4 is 28.7 Å². The average Bonchev–Trinajstić information content (AvgIpc) is 2.99. The number of hydrazone groups is 1. The third-order valence-corrected chi connectivity index (χ3v) is 7.33. The first-order chi connectivity index (χ1) is 20.0. The highest BCUT2D eigenvalue weighted by Crippen LogP contribution is 2.37. The molecular weight excluding hydrogens is 576 g/mol. The first-order valence-electron chi connectivity index (χ1n) is 11.8. The number of nitro groups is 1. The minimum Gasteiger partial charge on any atom is -0.497 e. The molecule has 1 N–H and O–H groups in total. The van der Waals surface area contributed by atoms with Gasteiger partial charge in [-0.2, -0.15) is 5.10 Å². The standard InChI is InChI=1S/C26H26N4O11S/c1-37-18-10-11-19(22(14-18)38-2)29(42(35,36)24-8-6-5-7-20(24)30(33)34)16-25(31)28-27-15-17-9-12-21(23(13-17)39-3)41-26(32)40-4/h5-15H,16H2,1-4H3,(H,28,31)/b27-15-. The minimum absolute atomic E-state index is 0.0224. The number of ether oxygens (including phenoxy) is 5. The first kappa shape index (κ1) is 31.2. The van der Waals surface area contributed by atoms with Gasteiger partial charge >= 0.3 is 6.16 Å². The van der Waals surface area contributed by atoms with E-state index in [0.29, 0.717) is 15.6 Å². The van der Waals surface area contributed by atoms with E-state index in [4.69, 9.17) is 18.9 Å². The number of hydrogen-bond donors (Lipinski definition) is 1. The van der Waals surface area contributed by atoms with Crippen molar-refractivity contribution in [2.75, 3.05) is 39.3 Å². The van der Waals surface area contributed by atoms with E-state index in [1.165, 1.54) is 76.1 Å². The highest BCUT2D eigenvalue weighted by molar-refractivity contribution is 7.93. The second-order valence-electron chi connectivity index (χ2n) is 8.03. The van der Waals surface area contributed by atoms with E-state index in [1.54, 1.807) is 0 Å². The molecule has 15 nitrogen and oxygen atoms in total. The summed E-state index contributed by atoms with van der Waals surface area (Å²) in [7, 11) is 0.494. The molecule has 0 saturated carbocycles. The lowest BCUT2D eigenvalue weighted by atomic mass is 10.2. The van der Waals surface area contributed by atoms with Crippen molar-refractivity contribution in [3.05, 3.63) is 76.3 Å². The molecule has 0 heterocycles. The quantitative estimate of drug-likeness (QED) is 0.106. The number of anilines is 1. The molecule has 0 unspecified atom stereocenters. The molecule has 222 valence electrons. The van der Waals surface area contributed by atoms with E-state index >= 15 is 0 Å². The summed E-state index contributed by atoms with van der Waals surface area (Å²) in [5.41, 5.74) is 1.89. The van der Waals surface area contributed by atoms with Gasteiger partial charge in [0.1, 0.15) is 18.0 Å². The summed E-state index contributed by atoms with van der Waals surface area (Å²) in [6.45, 7) is -0.830. The Kier molecular flexibility index (Phi) is 10.2. The largest absolute Gasteiger partial charge is 0.513 e. The molecule has 0 atom stereocenters. The van der Waals surface area contributed by atoms with Crippen molar-refractivity contribution < 1.29 is 46.6 Å². The van der Waals surface area contributed by atoms with Crippen LogP contribution in [0.15, 0.2) is 70.7 Å². The van der Waals surface area contributed by atoms with E-state index < -0.39 is 44.1 Å². The number of amides is 1. The van der Waals surface area contributed by atoms with Gasteiger partial charge < -0.3 is 23.7 Å². The first-order valence-corrected chi connectivity index (χ1v) is 13.2. The number of para-hydroxylation sites is 1. The van der Waals surface area contributed by atoms with Crippen molar-refractivity contribution in [3.8, 4) is 23.0 Å². The van der Waals surface area contributed by atoms with Crippen LogP contribution in [-0.2, 0) is 19.6 Å². The predicted octanol–water partition coefficient (Wildman–Crippen LogP) is 3.11. The Morgan fingerprint density at radius 3 is 2.31 bits per heavy atom.